The van der Waals surface area contributed by atoms with E-state index in [1.807, 2.05) is 0 Å². The van der Waals surface area contributed by atoms with Gasteiger partial charge in [-0.3, -0.25) is 10.1 Å². The van der Waals surface area contributed by atoms with Crippen LogP contribution in [0, 0.1) is 11.8 Å². The molecular weight excluding hydrogens is 188 g/mol. The highest BCUT2D eigenvalue weighted by Crippen LogP contribution is 2.50. The molecule has 3 nitrogen and oxygen atoms in total. The van der Waals surface area contributed by atoms with Gasteiger partial charge in [0.05, 0.1) is 12.2 Å². The molecule has 0 atom stereocenters. The maximum Gasteiger partial charge on any atom is 0.244 e. The lowest BCUT2D eigenvalue weighted by atomic mass is 10.1. The van der Waals surface area contributed by atoms with Crippen LogP contribution in [-0.4, -0.2) is 29.1 Å². The zero-order valence-electron chi connectivity index (χ0n) is 9.04. The summed E-state index contributed by atoms with van der Waals surface area (Å²) in [6.45, 7) is 0.830. The van der Waals surface area contributed by atoms with Crippen molar-refractivity contribution in [1.29, 1.82) is 0 Å². The minimum Gasteiger partial charge on any atom is -0.325 e. The molecule has 0 aromatic carbocycles. The van der Waals surface area contributed by atoms with E-state index in [-0.39, 0.29) is 5.54 Å². The Bertz CT molecular complexity index is 304. The van der Waals surface area contributed by atoms with Crippen LogP contribution >= 0.6 is 0 Å². The lowest BCUT2D eigenvalue weighted by Crippen LogP contribution is -2.42. The average Bonchev–Trinajstić information content (AvgIpc) is 3.12. The van der Waals surface area contributed by atoms with Gasteiger partial charge >= 0.3 is 0 Å². The third kappa shape index (κ3) is 1.19. The van der Waals surface area contributed by atoms with Gasteiger partial charge in [-0.25, -0.2) is 0 Å². The van der Waals surface area contributed by atoms with E-state index in [0.29, 0.717) is 11.9 Å². The Balaban J connectivity index is 1.57. The van der Waals surface area contributed by atoms with Gasteiger partial charge in [-0.1, -0.05) is 0 Å². The minimum atomic E-state index is -0.0813. The first-order valence-corrected chi connectivity index (χ1v) is 6.36. The first-order chi connectivity index (χ1) is 7.30. The summed E-state index contributed by atoms with van der Waals surface area (Å²) in [5, 5.41) is 3.43. The Labute approximate surface area is 90.2 Å². The molecule has 3 saturated carbocycles. The molecule has 0 aromatic heterocycles. The number of amides is 1. The maximum atomic E-state index is 12.3. The number of hydrogen-bond acceptors (Lipinski definition) is 2. The highest BCUT2D eigenvalue weighted by atomic mass is 16.2. The molecule has 1 saturated heterocycles. The molecule has 1 heterocycles. The predicted octanol–water partition coefficient (Wildman–Crippen LogP) is 1.10. The van der Waals surface area contributed by atoms with Crippen LogP contribution in [0.2, 0.25) is 0 Å². The van der Waals surface area contributed by atoms with Crippen LogP contribution in [0.3, 0.4) is 0 Å². The maximum absolute atomic E-state index is 12.3. The van der Waals surface area contributed by atoms with Gasteiger partial charge in [0.1, 0.15) is 0 Å². The summed E-state index contributed by atoms with van der Waals surface area (Å²) < 4.78 is 0. The molecule has 1 amide bonds. The van der Waals surface area contributed by atoms with Gasteiger partial charge in [-0.05, 0) is 50.4 Å². The van der Waals surface area contributed by atoms with Crippen molar-refractivity contribution in [2.45, 2.75) is 50.1 Å². The van der Waals surface area contributed by atoms with Crippen molar-refractivity contribution >= 4 is 5.91 Å². The van der Waals surface area contributed by atoms with Gasteiger partial charge in [0.25, 0.3) is 0 Å². The third-order valence-electron chi connectivity index (χ3n) is 4.58. The summed E-state index contributed by atoms with van der Waals surface area (Å²) in [7, 11) is 0. The van der Waals surface area contributed by atoms with Gasteiger partial charge in [0.2, 0.25) is 5.91 Å². The molecule has 82 valence electrons. The quantitative estimate of drug-likeness (QED) is 0.750. The molecule has 1 aliphatic heterocycles. The van der Waals surface area contributed by atoms with Crippen LogP contribution in [0.15, 0.2) is 0 Å². The molecule has 0 unspecified atom stereocenters. The highest BCUT2D eigenvalue weighted by molar-refractivity contribution is 5.91. The van der Waals surface area contributed by atoms with E-state index < -0.39 is 0 Å². The topological polar surface area (TPSA) is 32.3 Å². The molecule has 0 aromatic rings. The Morgan fingerprint density at radius 1 is 1.20 bits per heavy atom. The molecule has 3 heteroatoms. The van der Waals surface area contributed by atoms with Gasteiger partial charge in [0, 0.05) is 6.04 Å². The van der Waals surface area contributed by atoms with Crippen molar-refractivity contribution in [2.75, 3.05) is 6.67 Å². The second-order valence-corrected chi connectivity index (χ2v) is 5.86. The van der Waals surface area contributed by atoms with Crippen LogP contribution in [0.4, 0.5) is 0 Å². The highest BCUT2D eigenvalue weighted by Gasteiger charge is 2.59. The van der Waals surface area contributed by atoms with Crippen molar-refractivity contribution in [2.24, 2.45) is 11.8 Å². The molecule has 4 rings (SSSR count). The zero-order valence-corrected chi connectivity index (χ0v) is 9.04. The van der Waals surface area contributed by atoms with E-state index in [0.717, 1.165) is 31.3 Å². The fourth-order valence-corrected chi connectivity index (χ4v) is 3.18. The van der Waals surface area contributed by atoms with Gasteiger partial charge < -0.3 is 4.90 Å². The average molecular weight is 206 g/mol. The van der Waals surface area contributed by atoms with Crippen molar-refractivity contribution in [3.63, 3.8) is 0 Å². The summed E-state index contributed by atoms with van der Waals surface area (Å²) in [6.07, 6.45) is 7.58. The van der Waals surface area contributed by atoms with Crippen LogP contribution in [0.1, 0.15) is 38.5 Å². The van der Waals surface area contributed by atoms with Crippen LogP contribution < -0.4 is 5.32 Å². The minimum absolute atomic E-state index is 0.0813. The first kappa shape index (κ1) is 8.57. The van der Waals surface area contributed by atoms with E-state index in [2.05, 4.69) is 10.2 Å². The molecule has 0 bridgehead atoms. The van der Waals surface area contributed by atoms with E-state index >= 15 is 0 Å². The molecule has 1 N–H and O–H groups in total. The third-order valence-corrected chi connectivity index (χ3v) is 4.58. The number of carbonyl (C=O) groups excluding carboxylic acids is 1. The predicted molar refractivity (Wildman–Crippen MR) is 56.0 cm³/mol. The smallest absolute Gasteiger partial charge is 0.244 e. The van der Waals surface area contributed by atoms with Crippen molar-refractivity contribution in [3.8, 4) is 0 Å². The van der Waals surface area contributed by atoms with E-state index in [4.69, 9.17) is 0 Å². The first-order valence-electron chi connectivity index (χ1n) is 6.36. The largest absolute Gasteiger partial charge is 0.325 e. The Morgan fingerprint density at radius 2 is 1.80 bits per heavy atom. The van der Waals surface area contributed by atoms with Gasteiger partial charge in [-0.15, -0.1) is 0 Å². The number of hydrogen-bond donors (Lipinski definition) is 1. The second kappa shape index (κ2) is 2.57. The SMILES string of the molecule is O=C1N(C(C2CC2)C2CC2)CNC12CC2. The van der Waals surface area contributed by atoms with Crippen LogP contribution in [-0.2, 0) is 4.79 Å². The number of carbonyl (C=O) groups is 1. The standard InChI is InChI=1S/C12H18N2O/c15-11-12(5-6-12)13-7-14(11)10(8-1-2-8)9-3-4-9/h8-10,13H,1-7H2. The summed E-state index contributed by atoms with van der Waals surface area (Å²) in [5.74, 6) is 2.11. The zero-order chi connectivity index (χ0) is 10.0. The van der Waals surface area contributed by atoms with Gasteiger partial charge in [0.15, 0.2) is 0 Å². The molecule has 3 aliphatic carbocycles. The van der Waals surface area contributed by atoms with Crippen LogP contribution in [0.25, 0.3) is 0 Å². The van der Waals surface area contributed by atoms with E-state index in [9.17, 15) is 4.79 Å². The summed E-state index contributed by atoms with van der Waals surface area (Å²) in [4.78, 5) is 14.4. The van der Waals surface area contributed by atoms with Crippen molar-refractivity contribution < 1.29 is 4.79 Å². The van der Waals surface area contributed by atoms with E-state index in [1.165, 1.54) is 25.7 Å². The molecule has 15 heavy (non-hydrogen) atoms. The molecule has 4 fully saturated rings. The lowest BCUT2D eigenvalue weighted by Gasteiger charge is -2.27. The molecule has 1 spiro atoms. The monoisotopic (exact) mass is 206 g/mol. The second-order valence-electron chi connectivity index (χ2n) is 5.86. The summed E-state index contributed by atoms with van der Waals surface area (Å²) in [5.41, 5.74) is -0.0813. The fraction of sp³-hybridized carbons (Fsp3) is 0.917. The van der Waals surface area contributed by atoms with E-state index in [1.54, 1.807) is 0 Å². The lowest BCUT2D eigenvalue weighted by molar-refractivity contribution is -0.132. The Kier molecular flexibility index (Phi) is 1.47. The summed E-state index contributed by atoms with van der Waals surface area (Å²) >= 11 is 0. The Morgan fingerprint density at radius 3 is 2.20 bits per heavy atom. The fourth-order valence-electron chi connectivity index (χ4n) is 3.18. The Hall–Kier alpha value is -0.570. The normalized spacial score (nSPS) is 33.1. The number of nitrogens with zero attached hydrogens (tertiary/aromatic N) is 1. The molecule has 0 radical (unpaired) electrons. The van der Waals surface area contributed by atoms with Gasteiger partial charge in [-0.2, -0.15) is 0 Å². The molecule has 4 aliphatic rings. The van der Waals surface area contributed by atoms with Crippen molar-refractivity contribution in [1.82, 2.24) is 10.2 Å². The van der Waals surface area contributed by atoms with Crippen molar-refractivity contribution in [3.05, 3.63) is 0 Å². The summed E-state index contributed by atoms with van der Waals surface area (Å²) in [6, 6.07) is 0.602. The number of nitrogens with one attached hydrogen (secondary N) is 1. The molecular formula is C12H18N2O. The number of rotatable bonds is 3. The van der Waals surface area contributed by atoms with Crippen LogP contribution in [0.5, 0.6) is 0 Å².